The van der Waals surface area contributed by atoms with Crippen molar-refractivity contribution in [2.24, 2.45) is 0 Å². The lowest BCUT2D eigenvalue weighted by molar-refractivity contribution is 0.548. The van der Waals surface area contributed by atoms with E-state index in [0.29, 0.717) is 0 Å². The van der Waals surface area contributed by atoms with Crippen LogP contribution in [-0.4, -0.2) is 15.0 Å². The highest BCUT2D eigenvalue weighted by atomic mass is 16.3. The van der Waals surface area contributed by atoms with Gasteiger partial charge in [-0.2, -0.15) is 0 Å². The molecule has 0 radical (unpaired) electrons. The lowest BCUT2D eigenvalue weighted by atomic mass is 9.76. The highest BCUT2D eigenvalue weighted by Gasteiger charge is 2.39. The molecule has 4 aliphatic carbocycles. The van der Waals surface area contributed by atoms with Crippen LogP contribution >= 0.6 is 0 Å². The molecular weight excluding hydrogens is 683 g/mol. The van der Waals surface area contributed by atoms with Gasteiger partial charge in [0.1, 0.15) is 17.2 Å². The van der Waals surface area contributed by atoms with Gasteiger partial charge in [-0.3, -0.25) is 0 Å². The second kappa shape index (κ2) is 12.8. The predicted octanol–water partition coefficient (Wildman–Crippen LogP) is 13.1. The molecule has 4 aliphatic rings. The number of para-hydroxylation sites is 1. The molecule has 11 rings (SSSR count). The Morgan fingerprint density at radius 2 is 1.43 bits per heavy atom. The van der Waals surface area contributed by atoms with Crippen LogP contribution in [0.3, 0.4) is 0 Å². The van der Waals surface area contributed by atoms with E-state index in [9.17, 15) is 0 Å². The van der Waals surface area contributed by atoms with Gasteiger partial charge in [0, 0.05) is 45.4 Å². The first kappa shape index (κ1) is 33.0. The Balaban J connectivity index is 1.08. The van der Waals surface area contributed by atoms with Gasteiger partial charge in [0.05, 0.1) is 28.0 Å². The molecule has 0 aliphatic heterocycles. The van der Waals surface area contributed by atoms with Gasteiger partial charge in [-0.05, 0) is 77.8 Å². The third-order valence-electron chi connectivity index (χ3n) is 12.4. The van der Waals surface area contributed by atoms with Crippen LogP contribution in [0.4, 0.5) is 0 Å². The standard InChI is InChI=1S/C52H41N3O/c1-52(2)42-24-11-8-20-37(42)38-28-27-35(30-43(38)52)51-54-45(31-46(55-51)39-21-7-6-19-36(39)32-15-4-3-5-16-32)33-17-14-18-34(29-33)49-48-41-23-10-13-26-47(41)56-50(48)40-22-9-12-25-44(40)53-49/h3-5,7-12,14-18,20-25,27-29,31,35H,6,13,19,26,30H2,1-2H3. The van der Waals surface area contributed by atoms with Gasteiger partial charge in [-0.15, -0.1) is 0 Å². The van der Waals surface area contributed by atoms with E-state index >= 15 is 0 Å². The molecule has 0 amide bonds. The average molecular weight is 724 g/mol. The summed E-state index contributed by atoms with van der Waals surface area (Å²) in [6, 6.07) is 39.0. The Hall–Kier alpha value is -6.39. The van der Waals surface area contributed by atoms with Crippen molar-refractivity contribution < 1.29 is 4.42 Å². The number of pyridine rings is 1. The number of aromatic nitrogens is 3. The zero-order chi connectivity index (χ0) is 37.4. The molecule has 270 valence electrons. The Kier molecular flexibility index (Phi) is 7.57. The van der Waals surface area contributed by atoms with Crippen LogP contribution in [0, 0.1) is 0 Å². The van der Waals surface area contributed by atoms with Crippen LogP contribution in [0.1, 0.15) is 85.0 Å². The van der Waals surface area contributed by atoms with Gasteiger partial charge in [-0.1, -0.05) is 141 Å². The molecule has 0 N–H and O–H groups in total. The van der Waals surface area contributed by atoms with E-state index in [-0.39, 0.29) is 11.3 Å². The molecule has 0 saturated heterocycles. The highest BCUT2D eigenvalue weighted by Crippen LogP contribution is 2.52. The minimum absolute atomic E-state index is 0.0450. The summed E-state index contributed by atoms with van der Waals surface area (Å²) >= 11 is 0. The third-order valence-corrected chi connectivity index (χ3v) is 12.4. The van der Waals surface area contributed by atoms with Gasteiger partial charge < -0.3 is 4.42 Å². The first-order valence-corrected chi connectivity index (χ1v) is 20.0. The van der Waals surface area contributed by atoms with E-state index in [4.69, 9.17) is 19.4 Å². The van der Waals surface area contributed by atoms with Gasteiger partial charge in [0.2, 0.25) is 0 Å². The summed E-state index contributed by atoms with van der Waals surface area (Å²) in [5.74, 6) is 1.94. The average Bonchev–Trinajstić information content (AvgIpc) is 3.76. The van der Waals surface area contributed by atoms with Gasteiger partial charge >= 0.3 is 0 Å². The van der Waals surface area contributed by atoms with Crippen LogP contribution in [0.15, 0.2) is 150 Å². The quantitative estimate of drug-likeness (QED) is 0.177. The summed E-state index contributed by atoms with van der Waals surface area (Å²) in [6.07, 6.45) is 18.4. The fourth-order valence-electron chi connectivity index (χ4n) is 9.59. The topological polar surface area (TPSA) is 51.8 Å². The lowest BCUT2D eigenvalue weighted by Crippen LogP contribution is -2.20. The van der Waals surface area contributed by atoms with Crippen LogP contribution in [-0.2, 0) is 11.8 Å². The number of furan rings is 1. The number of allylic oxidation sites excluding steroid dienone is 9. The Morgan fingerprint density at radius 1 is 0.661 bits per heavy atom. The number of rotatable bonds is 5. The molecule has 0 saturated carbocycles. The summed E-state index contributed by atoms with van der Waals surface area (Å²) in [5, 5.41) is 2.13. The number of fused-ring (bicyclic) bond motifs is 7. The van der Waals surface area contributed by atoms with Crippen LogP contribution in [0.2, 0.25) is 0 Å². The smallest absolute Gasteiger partial charge is 0.146 e. The van der Waals surface area contributed by atoms with E-state index in [1.165, 1.54) is 39.0 Å². The third kappa shape index (κ3) is 5.23. The van der Waals surface area contributed by atoms with Crippen LogP contribution in [0.5, 0.6) is 0 Å². The molecular formula is C52H41N3O. The maximum atomic E-state index is 6.62. The van der Waals surface area contributed by atoms with Crippen LogP contribution in [0.25, 0.3) is 67.2 Å². The van der Waals surface area contributed by atoms with Gasteiger partial charge in [0.25, 0.3) is 0 Å². The zero-order valence-electron chi connectivity index (χ0n) is 31.7. The molecule has 3 heterocycles. The fourth-order valence-corrected chi connectivity index (χ4v) is 9.59. The molecule has 0 bridgehead atoms. The molecule has 0 spiro atoms. The van der Waals surface area contributed by atoms with Crippen molar-refractivity contribution in [2.45, 2.75) is 57.3 Å². The summed E-state index contributed by atoms with van der Waals surface area (Å²) in [6.45, 7) is 4.74. The SMILES string of the molecule is CC1(C)C2=C(C=CC(c3nc(C4=C(c5ccccc5)CCC=C4)cc(-c4cccc(-c5nc6ccccc6c6oc7c(c56)C=CCC7)c4)n3)C2)c2ccccc21. The normalized spacial score (nSPS) is 18.1. The molecule has 7 aromatic rings. The van der Waals surface area contributed by atoms with Gasteiger partial charge in [-0.25, -0.2) is 15.0 Å². The van der Waals surface area contributed by atoms with Crippen molar-refractivity contribution >= 4 is 44.7 Å². The van der Waals surface area contributed by atoms with Crippen molar-refractivity contribution in [1.82, 2.24) is 15.0 Å². The molecule has 3 aromatic heterocycles. The van der Waals surface area contributed by atoms with E-state index in [2.05, 4.69) is 159 Å². The molecule has 4 aromatic carbocycles. The number of aryl methyl sites for hydroxylation is 1. The first-order chi connectivity index (χ1) is 27.5. The first-order valence-electron chi connectivity index (χ1n) is 20.0. The van der Waals surface area contributed by atoms with Crippen LogP contribution < -0.4 is 0 Å². The zero-order valence-corrected chi connectivity index (χ0v) is 31.7. The fraction of sp³-hybridized carbons (Fsp3) is 0.173. The molecule has 56 heavy (non-hydrogen) atoms. The summed E-state index contributed by atoms with van der Waals surface area (Å²) in [4.78, 5) is 16.2. The van der Waals surface area contributed by atoms with Crippen molar-refractivity contribution in [1.29, 1.82) is 0 Å². The molecule has 0 fully saturated rings. The molecule has 4 nitrogen and oxygen atoms in total. The molecule has 1 unspecified atom stereocenters. The maximum absolute atomic E-state index is 6.62. The minimum Gasteiger partial charge on any atom is -0.460 e. The van der Waals surface area contributed by atoms with Crippen molar-refractivity contribution in [3.05, 3.63) is 185 Å². The number of nitrogens with zero attached hydrogens (tertiary/aromatic N) is 3. The van der Waals surface area contributed by atoms with Crippen molar-refractivity contribution in [2.75, 3.05) is 0 Å². The Morgan fingerprint density at radius 3 is 2.36 bits per heavy atom. The van der Waals surface area contributed by atoms with Crippen molar-refractivity contribution in [3.8, 4) is 22.5 Å². The second-order valence-corrected chi connectivity index (χ2v) is 16.1. The summed E-state index contributed by atoms with van der Waals surface area (Å²) in [5.41, 5.74) is 17.2. The van der Waals surface area contributed by atoms with Gasteiger partial charge in [0.15, 0.2) is 0 Å². The molecule has 1 atom stereocenters. The molecule has 4 heteroatoms. The summed E-state index contributed by atoms with van der Waals surface area (Å²) < 4.78 is 6.62. The number of benzene rings is 4. The summed E-state index contributed by atoms with van der Waals surface area (Å²) in [7, 11) is 0. The monoisotopic (exact) mass is 723 g/mol. The second-order valence-electron chi connectivity index (χ2n) is 16.1. The van der Waals surface area contributed by atoms with E-state index < -0.39 is 0 Å². The minimum atomic E-state index is -0.0571. The largest absolute Gasteiger partial charge is 0.460 e. The Labute approximate surface area is 327 Å². The Bertz CT molecular complexity index is 2920. The number of hydrogen-bond donors (Lipinski definition) is 0. The predicted molar refractivity (Wildman–Crippen MR) is 230 cm³/mol. The van der Waals surface area contributed by atoms with E-state index in [1.807, 2.05) is 0 Å². The van der Waals surface area contributed by atoms with Crippen molar-refractivity contribution in [3.63, 3.8) is 0 Å². The highest BCUT2D eigenvalue weighted by molar-refractivity contribution is 6.12. The lowest BCUT2D eigenvalue weighted by Gasteiger charge is -2.28. The number of hydrogen-bond acceptors (Lipinski definition) is 4. The van der Waals surface area contributed by atoms with E-state index in [0.717, 1.165) is 99.3 Å². The maximum Gasteiger partial charge on any atom is 0.146 e. The van der Waals surface area contributed by atoms with E-state index in [1.54, 1.807) is 0 Å².